The number of hydrogen-bond acceptors (Lipinski definition) is 4. The van der Waals surface area contributed by atoms with E-state index in [2.05, 4.69) is 10.0 Å². The molecular weight excluding hydrogens is 414 g/mol. The molecule has 3 aromatic carbocycles. The molecule has 2 N–H and O–H groups in total. The van der Waals surface area contributed by atoms with Crippen LogP contribution in [0, 0.1) is 0 Å². The molecule has 0 unspecified atom stereocenters. The highest BCUT2D eigenvalue weighted by molar-refractivity contribution is 7.92. The van der Waals surface area contributed by atoms with Gasteiger partial charge in [-0.1, -0.05) is 24.3 Å². The maximum absolute atomic E-state index is 12.6. The lowest BCUT2D eigenvalue weighted by atomic mass is 10.2. The van der Waals surface area contributed by atoms with Gasteiger partial charge in [-0.2, -0.15) is 0 Å². The van der Waals surface area contributed by atoms with Crippen LogP contribution in [0.5, 0.6) is 0 Å². The van der Waals surface area contributed by atoms with Crippen molar-refractivity contribution in [2.45, 2.75) is 17.7 Å². The zero-order chi connectivity index (χ0) is 21.8. The number of carbonyl (C=O) groups is 2. The first kappa shape index (κ1) is 20.6. The van der Waals surface area contributed by atoms with Gasteiger partial charge in [0.15, 0.2) is 0 Å². The van der Waals surface area contributed by atoms with Crippen LogP contribution in [0.15, 0.2) is 83.8 Å². The number of rotatable bonds is 6. The standard InChI is InChI=1S/C23H21N3O4S/c27-22-10-5-15-26(22)20-13-11-18(12-14-20)24-23(28)17-6-4-7-19(16-17)25-31(29,30)21-8-2-1-3-9-21/h1-4,6-9,11-14,16,25H,5,10,15H2,(H,24,28). The van der Waals surface area contributed by atoms with Gasteiger partial charge in [0.05, 0.1) is 4.90 Å². The van der Waals surface area contributed by atoms with Crippen molar-refractivity contribution in [3.63, 3.8) is 0 Å². The first-order valence-electron chi connectivity index (χ1n) is 9.82. The van der Waals surface area contributed by atoms with Crippen molar-refractivity contribution < 1.29 is 18.0 Å². The van der Waals surface area contributed by atoms with Crippen molar-refractivity contribution in [3.8, 4) is 0 Å². The lowest BCUT2D eigenvalue weighted by Crippen LogP contribution is -2.23. The van der Waals surface area contributed by atoms with E-state index >= 15 is 0 Å². The number of nitrogens with zero attached hydrogens (tertiary/aromatic N) is 1. The summed E-state index contributed by atoms with van der Waals surface area (Å²) in [6.45, 7) is 0.705. The zero-order valence-electron chi connectivity index (χ0n) is 16.6. The maximum atomic E-state index is 12.6. The number of benzene rings is 3. The van der Waals surface area contributed by atoms with Crippen molar-refractivity contribution in [2.24, 2.45) is 0 Å². The van der Waals surface area contributed by atoms with E-state index in [-0.39, 0.29) is 16.7 Å². The Morgan fingerprint density at radius 3 is 2.29 bits per heavy atom. The highest BCUT2D eigenvalue weighted by Crippen LogP contribution is 2.24. The fourth-order valence-corrected chi connectivity index (χ4v) is 4.46. The Hall–Kier alpha value is -3.65. The monoisotopic (exact) mass is 435 g/mol. The molecule has 1 saturated heterocycles. The number of sulfonamides is 1. The van der Waals surface area contributed by atoms with Crippen LogP contribution in [0.1, 0.15) is 23.2 Å². The Balaban J connectivity index is 1.45. The van der Waals surface area contributed by atoms with Gasteiger partial charge >= 0.3 is 0 Å². The predicted molar refractivity (Wildman–Crippen MR) is 120 cm³/mol. The average molecular weight is 436 g/mol. The topological polar surface area (TPSA) is 95.6 Å². The molecule has 0 radical (unpaired) electrons. The fourth-order valence-electron chi connectivity index (χ4n) is 3.39. The van der Waals surface area contributed by atoms with Crippen LogP contribution in [-0.2, 0) is 14.8 Å². The third-order valence-electron chi connectivity index (χ3n) is 4.94. The number of anilines is 3. The Morgan fingerprint density at radius 1 is 0.871 bits per heavy atom. The smallest absolute Gasteiger partial charge is 0.261 e. The lowest BCUT2D eigenvalue weighted by Gasteiger charge is -2.16. The highest BCUT2D eigenvalue weighted by atomic mass is 32.2. The van der Waals surface area contributed by atoms with Gasteiger partial charge in [0, 0.05) is 35.6 Å². The zero-order valence-corrected chi connectivity index (χ0v) is 17.4. The van der Waals surface area contributed by atoms with Gasteiger partial charge in [-0.25, -0.2) is 8.42 Å². The quantitative estimate of drug-likeness (QED) is 0.614. The molecule has 4 rings (SSSR count). The Morgan fingerprint density at radius 2 is 1.61 bits per heavy atom. The van der Waals surface area contributed by atoms with E-state index in [4.69, 9.17) is 0 Å². The van der Waals surface area contributed by atoms with Crippen LogP contribution in [0.25, 0.3) is 0 Å². The molecule has 7 nitrogen and oxygen atoms in total. The molecule has 0 atom stereocenters. The van der Waals surface area contributed by atoms with Crippen LogP contribution >= 0.6 is 0 Å². The van der Waals surface area contributed by atoms with Crippen molar-refractivity contribution in [3.05, 3.63) is 84.4 Å². The molecule has 0 saturated carbocycles. The second-order valence-electron chi connectivity index (χ2n) is 7.15. The molecule has 31 heavy (non-hydrogen) atoms. The molecule has 158 valence electrons. The van der Waals surface area contributed by atoms with Crippen molar-refractivity contribution >= 4 is 38.9 Å². The molecular formula is C23H21N3O4S. The van der Waals surface area contributed by atoms with E-state index in [0.717, 1.165) is 12.1 Å². The fraction of sp³-hybridized carbons (Fsp3) is 0.130. The van der Waals surface area contributed by atoms with Crippen molar-refractivity contribution in [1.29, 1.82) is 0 Å². The summed E-state index contributed by atoms with van der Waals surface area (Å²) >= 11 is 0. The lowest BCUT2D eigenvalue weighted by molar-refractivity contribution is -0.117. The average Bonchev–Trinajstić information content (AvgIpc) is 3.20. The summed E-state index contributed by atoms with van der Waals surface area (Å²) in [6, 6.07) is 21.4. The molecule has 3 aromatic rings. The summed E-state index contributed by atoms with van der Waals surface area (Å²) in [6.07, 6.45) is 1.41. The van der Waals surface area contributed by atoms with Crippen molar-refractivity contribution in [1.82, 2.24) is 0 Å². The molecule has 1 heterocycles. The number of hydrogen-bond donors (Lipinski definition) is 2. The minimum absolute atomic E-state index is 0.103. The van der Waals surface area contributed by atoms with Crippen LogP contribution in [0.3, 0.4) is 0 Å². The normalized spacial score (nSPS) is 13.8. The van der Waals surface area contributed by atoms with E-state index in [0.29, 0.717) is 29.9 Å². The van der Waals surface area contributed by atoms with Crippen molar-refractivity contribution in [2.75, 3.05) is 21.5 Å². The second kappa shape index (κ2) is 8.61. The number of carbonyl (C=O) groups excluding carboxylic acids is 2. The second-order valence-corrected chi connectivity index (χ2v) is 8.83. The van der Waals surface area contributed by atoms with Gasteiger partial charge < -0.3 is 10.2 Å². The first-order chi connectivity index (χ1) is 14.9. The van der Waals surface area contributed by atoms with Gasteiger partial charge in [0.2, 0.25) is 5.91 Å². The van der Waals surface area contributed by atoms with Crippen LogP contribution < -0.4 is 14.9 Å². The predicted octanol–water partition coefficient (Wildman–Crippen LogP) is 3.87. The van der Waals surface area contributed by atoms with Gasteiger partial charge in [-0.05, 0) is 61.0 Å². The third-order valence-corrected chi connectivity index (χ3v) is 6.34. The largest absolute Gasteiger partial charge is 0.322 e. The minimum Gasteiger partial charge on any atom is -0.322 e. The Bertz CT molecular complexity index is 1210. The maximum Gasteiger partial charge on any atom is 0.261 e. The molecule has 2 amide bonds. The van der Waals surface area contributed by atoms with Gasteiger partial charge in [-0.3, -0.25) is 14.3 Å². The Labute approximate surface area is 180 Å². The molecule has 1 fully saturated rings. The van der Waals surface area contributed by atoms with E-state index in [1.165, 1.54) is 18.2 Å². The van der Waals surface area contributed by atoms with Crippen LogP contribution in [-0.4, -0.2) is 26.8 Å². The molecule has 1 aliphatic rings. The Kier molecular flexibility index (Phi) is 5.73. The summed E-state index contributed by atoms with van der Waals surface area (Å²) in [5.74, 6) is -0.266. The van der Waals surface area contributed by atoms with E-state index in [1.54, 1.807) is 65.6 Å². The summed E-state index contributed by atoms with van der Waals surface area (Å²) in [5, 5.41) is 2.79. The summed E-state index contributed by atoms with van der Waals surface area (Å²) in [5.41, 5.74) is 1.99. The number of nitrogens with one attached hydrogen (secondary N) is 2. The molecule has 0 spiro atoms. The summed E-state index contributed by atoms with van der Waals surface area (Å²) in [4.78, 5) is 26.4. The molecule has 0 bridgehead atoms. The number of amides is 2. The first-order valence-corrected chi connectivity index (χ1v) is 11.3. The van der Waals surface area contributed by atoms with Crippen LogP contribution in [0.2, 0.25) is 0 Å². The molecule has 0 aromatic heterocycles. The summed E-state index contributed by atoms with van der Waals surface area (Å²) < 4.78 is 27.5. The SMILES string of the molecule is O=C(Nc1ccc(N2CCCC2=O)cc1)c1cccc(NS(=O)(=O)c2ccccc2)c1. The highest BCUT2D eigenvalue weighted by Gasteiger charge is 2.21. The minimum atomic E-state index is -3.75. The van der Waals surface area contributed by atoms with Crippen LogP contribution in [0.4, 0.5) is 17.1 Å². The molecule has 0 aliphatic carbocycles. The van der Waals surface area contributed by atoms with E-state index in [9.17, 15) is 18.0 Å². The summed E-state index contributed by atoms with van der Waals surface area (Å²) in [7, 11) is -3.75. The molecule has 8 heteroatoms. The van der Waals surface area contributed by atoms with Gasteiger partial charge in [0.1, 0.15) is 0 Å². The molecule has 1 aliphatic heterocycles. The van der Waals surface area contributed by atoms with E-state index in [1.807, 2.05) is 0 Å². The van der Waals surface area contributed by atoms with Gasteiger partial charge in [0.25, 0.3) is 15.9 Å². The van der Waals surface area contributed by atoms with Gasteiger partial charge in [-0.15, -0.1) is 0 Å². The third kappa shape index (κ3) is 4.75. The van der Waals surface area contributed by atoms with E-state index < -0.39 is 10.0 Å².